The van der Waals surface area contributed by atoms with E-state index in [2.05, 4.69) is 25.2 Å². The van der Waals surface area contributed by atoms with Gasteiger partial charge in [-0.15, -0.1) is 0 Å². The molecule has 0 aromatic heterocycles. The zero-order valence-corrected chi connectivity index (χ0v) is 10.2. The number of methoxy groups -OCH3 is 1. The zero-order valence-electron chi connectivity index (χ0n) is 10.2. The van der Waals surface area contributed by atoms with E-state index in [1.807, 2.05) is 18.2 Å². The van der Waals surface area contributed by atoms with Crippen molar-refractivity contribution in [3.63, 3.8) is 0 Å². The van der Waals surface area contributed by atoms with Crippen molar-refractivity contribution < 1.29 is 9.84 Å². The van der Waals surface area contributed by atoms with Gasteiger partial charge in [-0.2, -0.15) is 0 Å². The lowest BCUT2D eigenvalue weighted by Crippen LogP contribution is -2.33. The molecular formula is C13H21NO2. The minimum Gasteiger partial charge on any atom is -0.497 e. The van der Waals surface area contributed by atoms with Crippen LogP contribution >= 0.6 is 0 Å². The van der Waals surface area contributed by atoms with Crippen LogP contribution in [0.4, 0.5) is 0 Å². The van der Waals surface area contributed by atoms with Crippen LogP contribution in [0, 0.1) is 0 Å². The summed E-state index contributed by atoms with van der Waals surface area (Å²) in [6, 6.07) is 8.35. The van der Waals surface area contributed by atoms with E-state index in [9.17, 15) is 0 Å². The summed E-state index contributed by atoms with van der Waals surface area (Å²) < 4.78 is 5.19. The van der Waals surface area contributed by atoms with E-state index in [0.29, 0.717) is 0 Å². The highest BCUT2D eigenvalue weighted by Crippen LogP contribution is 2.19. The topological polar surface area (TPSA) is 41.5 Å². The minimum atomic E-state index is 0.154. The molecule has 0 spiro atoms. The Labute approximate surface area is 97.4 Å². The Hall–Kier alpha value is -1.06. The van der Waals surface area contributed by atoms with Gasteiger partial charge in [0, 0.05) is 12.1 Å². The summed E-state index contributed by atoms with van der Waals surface area (Å²) in [6.45, 7) is 4.32. The Morgan fingerprint density at radius 1 is 1.44 bits per heavy atom. The van der Waals surface area contributed by atoms with Gasteiger partial charge in [0.2, 0.25) is 0 Å². The Balaban J connectivity index is 2.67. The van der Waals surface area contributed by atoms with Gasteiger partial charge in [-0.3, -0.25) is 0 Å². The molecule has 16 heavy (non-hydrogen) atoms. The molecule has 0 aliphatic carbocycles. The fourth-order valence-electron chi connectivity index (χ4n) is 1.66. The second-order valence-corrected chi connectivity index (χ2v) is 3.95. The van der Waals surface area contributed by atoms with Gasteiger partial charge >= 0.3 is 0 Å². The number of aliphatic hydroxyl groups is 1. The van der Waals surface area contributed by atoms with E-state index in [4.69, 9.17) is 9.84 Å². The average molecular weight is 223 g/mol. The predicted molar refractivity (Wildman–Crippen MR) is 65.7 cm³/mol. The van der Waals surface area contributed by atoms with Gasteiger partial charge in [-0.25, -0.2) is 0 Å². The smallest absolute Gasteiger partial charge is 0.119 e. The van der Waals surface area contributed by atoms with Crippen molar-refractivity contribution in [2.75, 3.05) is 13.7 Å². The molecule has 1 aromatic rings. The van der Waals surface area contributed by atoms with Crippen LogP contribution in [0.5, 0.6) is 5.75 Å². The molecule has 2 N–H and O–H groups in total. The quantitative estimate of drug-likeness (QED) is 0.776. The fourth-order valence-corrected chi connectivity index (χ4v) is 1.66. The van der Waals surface area contributed by atoms with Crippen LogP contribution in [-0.2, 0) is 0 Å². The monoisotopic (exact) mass is 223 g/mol. The summed E-state index contributed by atoms with van der Waals surface area (Å²) >= 11 is 0. The van der Waals surface area contributed by atoms with E-state index in [-0.39, 0.29) is 18.7 Å². The van der Waals surface area contributed by atoms with Crippen molar-refractivity contribution in [2.24, 2.45) is 0 Å². The van der Waals surface area contributed by atoms with Crippen molar-refractivity contribution in [1.29, 1.82) is 0 Å². The lowest BCUT2D eigenvalue weighted by molar-refractivity contribution is 0.230. The van der Waals surface area contributed by atoms with Gasteiger partial charge in [-0.1, -0.05) is 19.1 Å². The van der Waals surface area contributed by atoms with Crippen molar-refractivity contribution in [2.45, 2.75) is 32.4 Å². The summed E-state index contributed by atoms with van der Waals surface area (Å²) in [5.74, 6) is 0.864. The summed E-state index contributed by atoms with van der Waals surface area (Å²) in [5, 5.41) is 12.5. The summed E-state index contributed by atoms with van der Waals surface area (Å²) in [7, 11) is 1.67. The standard InChI is InChI=1S/C13H21NO2/c1-4-12(9-15)14-10(2)11-6-5-7-13(8-11)16-3/h5-8,10,12,14-15H,4,9H2,1-3H3. The number of hydrogen-bond donors (Lipinski definition) is 2. The molecule has 0 amide bonds. The number of aliphatic hydroxyl groups excluding tert-OH is 1. The number of hydrogen-bond acceptors (Lipinski definition) is 3. The first-order valence-electron chi connectivity index (χ1n) is 5.72. The lowest BCUT2D eigenvalue weighted by atomic mass is 10.1. The molecule has 3 heteroatoms. The second kappa shape index (κ2) is 6.51. The average Bonchev–Trinajstić information content (AvgIpc) is 2.35. The van der Waals surface area contributed by atoms with E-state index < -0.39 is 0 Å². The van der Waals surface area contributed by atoms with Crippen LogP contribution in [0.2, 0.25) is 0 Å². The van der Waals surface area contributed by atoms with Crippen LogP contribution in [0.3, 0.4) is 0 Å². The van der Waals surface area contributed by atoms with E-state index >= 15 is 0 Å². The predicted octanol–water partition coefficient (Wildman–Crippen LogP) is 2.12. The van der Waals surface area contributed by atoms with Gasteiger partial charge in [0.15, 0.2) is 0 Å². The van der Waals surface area contributed by atoms with E-state index in [0.717, 1.165) is 12.2 Å². The van der Waals surface area contributed by atoms with Gasteiger partial charge in [0.25, 0.3) is 0 Å². The Kier molecular flexibility index (Phi) is 5.29. The van der Waals surface area contributed by atoms with Gasteiger partial charge in [0.1, 0.15) is 5.75 Å². The molecule has 0 aliphatic heterocycles. The SMILES string of the molecule is CCC(CO)NC(C)c1cccc(OC)c1. The third-order valence-corrected chi connectivity index (χ3v) is 2.79. The third kappa shape index (κ3) is 3.51. The summed E-state index contributed by atoms with van der Waals surface area (Å²) in [6.07, 6.45) is 0.921. The Morgan fingerprint density at radius 3 is 2.75 bits per heavy atom. The second-order valence-electron chi connectivity index (χ2n) is 3.95. The molecule has 1 aromatic carbocycles. The summed E-state index contributed by atoms with van der Waals surface area (Å²) in [4.78, 5) is 0. The van der Waals surface area contributed by atoms with Gasteiger partial charge in [-0.05, 0) is 31.0 Å². The third-order valence-electron chi connectivity index (χ3n) is 2.79. The highest BCUT2D eigenvalue weighted by Gasteiger charge is 2.11. The molecular weight excluding hydrogens is 202 g/mol. The van der Waals surface area contributed by atoms with Gasteiger partial charge in [0.05, 0.1) is 13.7 Å². The zero-order chi connectivity index (χ0) is 12.0. The highest BCUT2D eigenvalue weighted by molar-refractivity contribution is 5.30. The largest absolute Gasteiger partial charge is 0.497 e. The molecule has 2 atom stereocenters. The molecule has 90 valence electrons. The van der Waals surface area contributed by atoms with Crippen molar-refractivity contribution in [3.05, 3.63) is 29.8 Å². The highest BCUT2D eigenvalue weighted by atomic mass is 16.5. The van der Waals surface area contributed by atoms with Crippen LogP contribution in [0.1, 0.15) is 31.9 Å². The lowest BCUT2D eigenvalue weighted by Gasteiger charge is -2.21. The number of ether oxygens (including phenoxy) is 1. The normalized spacial score (nSPS) is 14.5. The molecule has 1 rings (SSSR count). The Morgan fingerprint density at radius 2 is 2.19 bits per heavy atom. The minimum absolute atomic E-state index is 0.154. The van der Waals surface area contributed by atoms with Crippen LogP contribution < -0.4 is 10.1 Å². The first-order valence-corrected chi connectivity index (χ1v) is 5.72. The molecule has 0 aliphatic rings. The summed E-state index contributed by atoms with van der Waals surface area (Å²) in [5.41, 5.74) is 1.17. The molecule has 0 saturated heterocycles. The maximum absolute atomic E-state index is 9.14. The fraction of sp³-hybridized carbons (Fsp3) is 0.538. The first-order chi connectivity index (χ1) is 7.71. The number of rotatable bonds is 6. The Bertz CT molecular complexity index is 311. The van der Waals surface area contributed by atoms with E-state index in [1.165, 1.54) is 5.56 Å². The number of benzene rings is 1. The van der Waals surface area contributed by atoms with Crippen LogP contribution in [0.15, 0.2) is 24.3 Å². The molecule has 0 fully saturated rings. The molecule has 0 heterocycles. The number of nitrogens with one attached hydrogen (secondary N) is 1. The maximum Gasteiger partial charge on any atom is 0.119 e. The molecule has 2 unspecified atom stereocenters. The van der Waals surface area contributed by atoms with Gasteiger partial charge < -0.3 is 15.2 Å². The maximum atomic E-state index is 9.14. The molecule has 0 bridgehead atoms. The molecule has 3 nitrogen and oxygen atoms in total. The van der Waals surface area contributed by atoms with Crippen molar-refractivity contribution in [1.82, 2.24) is 5.32 Å². The first kappa shape index (κ1) is 13.0. The van der Waals surface area contributed by atoms with Crippen LogP contribution in [0.25, 0.3) is 0 Å². The molecule has 0 saturated carbocycles. The molecule has 0 radical (unpaired) electrons. The van der Waals surface area contributed by atoms with E-state index in [1.54, 1.807) is 7.11 Å². The van der Waals surface area contributed by atoms with Crippen molar-refractivity contribution >= 4 is 0 Å². The van der Waals surface area contributed by atoms with Crippen LogP contribution in [-0.4, -0.2) is 24.9 Å². The van der Waals surface area contributed by atoms with Crippen molar-refractivity contribution in [3.8, 4) is 5.75 Å².